The molecule has 0 spiro atoms. The van der Waals surface area contributed by atoms with E-state index < -0.39 is 0 Å². The van der Waals surface area contributed by atoms with E-state index in [0.29, 0.717) is 11.5 Å². The molecule has 2 N–H and O–H groups in total. The molecule has 1 aromatic carbocycles. The van der Waals surface area contributed by atoms with Crippen LogP contribution < -0.4 is 5.73 Å². The minimum atomic E-state index is -0.386. The Kier molecular flexibility index (Phi) is 5.84. The van der Waals surface area contributed by atoms with Crippen LogP contribution in [0, 0.1) is 5.92 Å². The number of amides is 1. The van der Waals surface area contributed by atoms with Crippen molar-refractivity contribution in [2.75, 3.05) is 39.8 Å². The number of carbonyl (C=O) groups is 1. The van der Waals surface area contributed by atoms with Crippen LogP contribution in [0.3, 0.4) is 0 Å². The Bertz CT molecular complexity index is 705. The van der Waals surface area contributed by atoms with Gasteiger partial charge < -0.3 is 15.5 Å². The molecule has 1 fully saturated rings. The van der Waals surface area contributed by atoms with E-state index in [1.165, 1.54) is 13.0 Å². The van der Waals surface area contributed by atoms with Crippen LogP contribution in [0.25, 0.3) is 5.57 Å². The van der Waals surface area contributed by atoms with Gasteiger partial charge in [-0.15, -0.1) is 0 Å². The Morgan fingerprint density at radius 1 is 1.16 bits per heavy atom. The fourth-order valence-electron chi connectivity index (χ4n) is 3.48. The van der Waals surface area contributed by atoms with Gasteiger partial charge in [0.15, 0.2) is 0 Å². The van der Waals surface area contributed by atoms with Gasteiger partial charge in [-0.3, -0.25) is 4.79 Å². The van der Waals surface area contributed by atoms with Gasteiger partial charge in [0.25, 0.3) is 0 Å². The maximum absolute atomic E-state index is 11.7. The number of primary amides is 1. The van der Waals surface area contributed by atoms with Crippen molar-refractivity contribution in [3.63, 3.8) is 0 Å². The van der Waals surface area contributed by atoms with Crippen molar-refractivity contribution < 1.29 is 4.79 Å². The molecule has 1 unspecified atom stereocenters. The third kappa shape index (κ3) is 4.68. The standard InChI is InChI=1S/C21H27N3O/c1-23-12-5-13-24(15-14-23)16-17-6-4-7-18(11-10-17)19-8-2-3-9-20(19)21(22)25/h2-4,6-11,17H,5,12-16H2,1H3,(H2,22,25). The lowest BCUT2D eigenvalue weighted by molar-refractivity contribution is 0.1000. The van der Waals surface area contributed by atoms with Crippen LogP contribution in [0.1, 0.15) is 22.3 Å². The highest BCUT2D eigenvalue weighted by molar-refractivity contribution is 5.99. The lowest BCUT2D eigenvalue weighted by Gasteiger charge is -2.22. The van der Waals surface area contributed by atoms with Gasteiger partial charge in [0.2, 0.25) is 5.91 Å². The summed E-state index contributed by atoms with van der Waals surface area (Å²) < 4.78 is 0. The van der Waals surface area contributed by atoms with E-state index in [0.717, 1.165) is 37.3 Å². The summed E-state index contributed by atoms with van der Waals surface area (Å²) in [6.07, 6.45) is 12.0. The second-order valence-electron chi connectivity index (χ2n) is 6.90. The molecule has 0 aromatic heterocycles. The molecule has 3 rings (SSSR count). The number of hydrogen-bond acceptors (Lipinski definition) is 3. The predicted octanol–water partition coefficient (Wildman–Crippen LogP) is 2.55. The molecule has 1 aliphatic heterocycles. The zero-order valence-corrected chi connectivity index (χ0v) is 14.9. The minimum Gasteiger partial charge on any atom is -0.366 e. The number of likely N-dealkylation sites (N-methyl/N-ethyl adjacent to an activating group) is 1. The second-order valence-corrected chi connectivity index (χ2v) is 6.90. The molecule has 2 aliphatic rings. The fraction of sp³-hybridized carbons (Fsp3) is 0.381. The number of nitrogens with two attached hydrogens (primary N) is 1. The first-order chi connectivity index (χ1) is 12.1. The zero-order valence-electron chi connectivity index (χ0n) is 14.9. The van der Waals surface area contributed by atoms with Gasteiger partial charge >= 0.3 is 0 Å². The van der Waals surface area contributed by atoms with E-state index in [-0.39, 0.29) is 5.91 Å². The summed E-state index contributed by atoms with van der Waals surface area (Å²) in [5.74, 6) is 0.00117. The Balaban J connectivity index is 1.70. The van der Waals surface area contributed by atoms with Crippen LogP contribution in [0.15, 0.2) is 54.6 Å². The van der Waals surface area contributed by atoms with Crippen molar-refractivity contribution >= 4 is 11.5 Å². The summed E-state index contributed by atoms with van der Waals surface area (Å²) in [6.45, 7) is 5.64. The van der Waals surface area contributed by atoms with Crippen LogP contribution in [-0.4, -0.2) is 55.5 Å². The number of nitrogens with zero attached hydrogens (tertiary/aromatic N) is 2. The van der Waals surface area contributed by atoms with E-state index in [1.54, 1.807) is 6.07 Å². The van der Waals surface area contributed by atoms with Crippen molar-refractivity contribution in [3.05, 3.63) is 65.8 Å². The molecule has 132 valence electrons. The van der Waals surface area contributed by atoms with Gasteiger partial charge in [0.1, 0.15) is 0 Å². The van der Waals surface area contributed by atoms with Crippen molar-refractivity contribution in [1.29, 1.82) is 0 Å². The Morgan fingerprint density at radius 2 is 2.00 bits per heavy atom. The topological polar surface area (TPSA) is 49.6 Å². The van der Waals surface area contributed by atoms with Crippen molar-refractivity contribution in [2.45, 2.75) is 6.42 Å². The molecule has 1 aromatic rings. The predicted molar refractivity (Wildman–Crippen MR) is 103 cm³/mol. The zero-order chi connectivity index (χ0) is 17.6. The number of benzene rings is 1. The average Bonchev–Trinajstić information content (AvgIpc) is 2.96. The molecule has 1 saturated heterocycles. The van der Waals surface area contributed by atoms with Gasteiger partial charge in [-0.2, -0.15) is 0 Å². The maximum Gasteiger partial charge on any atom is 0.249 e. The van der Waals surface area contributed by atoms with Crippen LogP contribution in [0.4, 0.5) is 0 Å². The molecule has 1 amide bonds. The summed E-state index contributed by atoms with van der Waals surface area (Å²) in [4.78, 5) is 16.6. The van der Waals surface area contributed by atoms with Crippen LogP contribution in [-0.2, 0) is 0 Å². The monoisotopic (exact) mass is 337 g/mol. The molecule has 1 atom stereocenters. The number of rotatable bonds is 4. The van der Waals surface area contributed by atoms with Gasteiger partial charge in [-0.25, -0.2) is 0 Å². The first kappa shape index (κ1) is 17.6. The SMILES string of the molecule is CN1CCCN(CC2C=CC=C(c3ccccc3C(N)=O)C=C2)CC1. The summed E-state index contributed by atoms with van der Waals surface area (Å²) in [5, 5.41) is 0. The Morgan fingerprint density at radius 3 is 2.84 bits per heavy atom. The highest BCUT2D eigenvalue weighted by atomic mass is 16.1. The number of allylic oxidation sites excluding steroid dienone is 4. The molecule has 4 heteroatoms. The van der Waals surface area contributed by atoms with Crippen molar-refractivity contribution in [3.8, 4) is 0 Å². The van der Waals surface area contributed by atoms with E-state index in [9.17, 15) is 4.79 Å². The Labute approximate surface area is 150 Å². The van der Waals surface area contributed by atoms with Crippen LogP contribution in [0.5, 0.6) is 0 Å². The van der Waals surface area contributed by atoms with E-state index in [1.807, 2.05) is 18.2 Å². The largest absolute Gasteiger partial charge is 0.366 e. The molecule has 25 heavy (non-hydrogen) atoms. The van der Waals surface area contributed by atoms with E-state index in [4.69, 9.17) is 5.73 Å². The number of hydrogen-bond donors (Lipinski definition) is 1. The average molecular weight is 337 g/mol. The van der Waals surface area contributed by atoms with Gasteiger partial charge in [-0.1, -0.05) is 48.6 Å². The molecule has 0 saturated carbocycles. The summed E-state index contributed by atoms with van der Waals surface area (Å²) in [6, 6.07) is 7.52. The molecule has 0 radical (unpaired) electrons. The van der Waals surface area contributed by atoms with Crippen molar-refractivity contribution in [1.82, 2.24) is 9.80 Å². The van der Waals surface area contributed by atoms with Gasteiger partial charge in [0, 0.05) is 31.1 Å². The normalized spacial score (nSPS) is 22.3. The minimum absolute atomic E-state index is 0.386. The molecule has 0 bridgehead atoms. The van der Waals surface area contributed by atoms with Crippen LogP contribution >= 0.6 is 0 Å². The van der Waals surface area contributed by atoms with E-state index in [2.05, 4.69) is 47.2 Å². The van der Waals surface area contributed by atoms with Gasteiger partial charge in [-0.05, 0) is 43.8 Å². The quantitative estimate of drug-likeness (QED) is 0.918. The summed E-state index contributed by atoms with van der Waals surface area (Å²) >= 11 is 0. The molecule has 1 heterocycles. The third-order valence-electron chi connectivity index (χ3n) is 4.94. The van der Waals surface area contributed by atoms with E-state index >= 15 is 0 Å². The van der Waals surface area contributed by atoms with Crippen LogP contribution in [0.2, 0.25) is 0 Å². The first-order valence-corrected chi connectivity index (χ1v) is 9.00. The fourth-order valence-corrected chi connectivity index (χ4v) is 3.48. The summed E-state index contributed by atoms with van der Waals surface area (Å²) in [7, 11) is 2.20. The summed E-state index contributed by atoms with van der Waals surface area (Å²) in [5.41, 5.74) is 8.02. The third-order valence-corrected chi connectivity index (χ3v) is 4.94. The molecule has 1 aliphatic carbocycles. The van der Waals surface area contributed by atoms with Crippen molar-refractivity contribution in [2.24, 2.45) is 11.7 Å². The first-order valence-electron chi connectivity index (χ1n) is 9.00. The lowest BCUT2D eigenvalue weighted by atomic mass is 9.98. The molecular weight excluding hydrogens is 310 g/mol. The molecular formula is C21H27N3O. The number of carbonyl (C=O) groups excluding carboxylic acids is 1. The second kappa shape index (κ2) is 8.28. The highest BCUT2D eigenvalue weighted by Crippen LogP contribution is 2.24. The smallest absolute Gasteiger partial charge is 0.249 e. The highest BCUT2D eigenvalue weighted by Gasteiger charge is 2.16. The molecule has 4 nitrogen and oxygen atoms in total. The lowest BCUT2D eigenvalue weighted by Crippen LogP contribution is -2.32. The Hall–Kier alpha value is -2.17. The maximum atomic E-state index is 11.7. The van der Waals surface area contributed by atoms with Gasteiger partial charge in [0.05, 0.1) is 0 Å².